The normalized spacial score (nSPS) is 25.4. The summed E-state index contributed by atoms with van der Waals surface area (Å²) in [6.45, 7) is 9.87. The second-order valence-electron chi connectivity index (χ2n) is 7.37. The molecule has 1 rings (SSSR count). The Morgan fingerprint density at radius 3 is 2.05 bits per heavy atom. The first kappa shape index (κ1) is 16.9. The lowest BCUT2D eigenvalue weighted by Crippen LogP contribution is -2.68. The third-order valence-corrected chi connectivity index (χ3v) is 4.36. The zero-order valence-electron chi connectivity index (χ0n) is 13.3. The van der Waals surface area contributed by atoms with Gasteiger partial charge < -0.3 is 17.2 Å². The van der Waals surface area contributed by atoms with E-state index >= 15 is 0 Å². The average molecular weight is 270 g/mol. The third kappa shape index (κ3) is 4.42. The molecule has 4 heteroatoms. The first-order chi connectivity index (χ1) is 8.70. The Kier molecular flexibility index (Phi) is 5.80. The molecule has 0 saturated carbocycles. The van der Waals surface area contributed by atoms with Gasteiger partial charge in [0.2, 0.25) is 0 Å². The maximum atomic E-state index is 6.48. The van der Waals surface area contributed by atoms with Crippen molar-refractivity contribution in [3.63, 3.8) is 0 Å². The lowest BCUT2D eigenvalue weighted by molar-refractivity contribution is -0.0688. The van der Waals surface area contributed by atoms with E-state index in [2.05, 4.69) is 32.6 Å². The molecule has 0 amide bonds. The van der Waals surface area contributed by atoms with Crippen LogP contribution in [0.3, 0.4) is 0 Å². The lowest BCUT2D eigenvalue weighted by Gasteiger charge is -2.57. The van der Waals surface area contributed by atoms with Crippen LogP contribution in [0.25, 0.3) is 0 Å². The van der Waals surface area contributed by atoms with Crippen LogP contribution in [0.1, 0.15) is 66.2 Å². The summed E-state index contributed by atoms with van der Waals surface area (Å²) in [7, 11) is 0. The third-order valence-electron chi connectivity index (χ3n) is 4.36. The van der Waals surface area contributed by atoms with E-state index in [1.54, 1.807) is 0 Å². The van der Waals surface area contributed by atoms with Crippen LogP contribution < -0.4 is 17.2 Å². The molecule has 0 aromatic heterocycles. The van der Waals surface area contributed by atoms with E-state index in [-0.39, 0.29) is 23.3 Å². The molecule has 1 unspecified atom stereocenters. The van der Waals surface area contributed by atoms with E-state index in [1.807, 2.05) is 0 Å². The van der Waals surface area contributed by atoms with E-state index in [1.165, 1.54) is 6.42 Å². The van der Waals surface area contributed by atoms with Gasteiger partial charge >= 0.3 is 0 Å². The Bertz CT molecular complexity index is 257. The molecule has 6 N–H and O–H groups in total. The average Bonchev–Trinajstić information content (AvgIpc) is 2.19. The molecule has 0 radical (unpaired) electrons. The number of rotatable bonds is 6. The molecule has 0 spiro atoms. The van der Waals surface area contributed by atoms with Gasteiger partial charge in [-0.15, -0.1) is 0 Å². The summed E-state index contributed by atoms with van der Waals surface area (Å²) in [5.74, 6) is 0. The standard InChI is InChI=1S/C15H34N4/c1-14(2)10-12(17)11-15(3,4)19(14)13(18)8-6-5-7-9-16/h12-13H,5-11,16-18H2,1-4H3. The van der Waals surface area contributed by atoms with Crippen LogP contribution in [0.15, 0.2) is 0 Å². The number of hydrogen-bond acceptors (Lipinski definition) is 4. The fraction of sp³-hybridized carbons (Fsp3) is 1.00. The zero-order chi connectivity index (χ0) is 14.7. The molecule has 0 bridgehead atoms. The van der Waals surface area contributed by atoms with Crippen molar-refractivity contribution in [2.24, 2.45) is 17.2 Å². The second-order valence-corrected chi connectivity index (χ2v) is 7.37. The fourth-order valence-electron chi connectivity index (χ4n) is 4.07. The Labute approximate surface area is 119 Å². The molecular weight excluding hydrogens is 236 g/mol. The first-order valence-corrected chi connectivity index (χ1v) is 7.71. The van der Waals surface area contributed by atoms with Crippen LogP contribution in [0.5, 0.6) is 0 Å². The number of nitrogens with two attached hydrogens (primary N) is 3. The second kappa shape index (κ2) is 6.53. The Hall–Kier alpha value is -0.160. The van der Waals surface area contributed by atoms with Gasteiger partial charge in [0.1, 0.15) is 0 Å². The Balaban J connectivity index is 2.66. The summed E-state index contributed by atoms with van der Waals surface area (Å²) >= 11 is 0. The topological polar surface area (TPSA) is 81.3 Å². The maximum Gasteiger partial charge on any atom is 0.0581 e. The largest absolute Gasteiger partial charge is 0.330 e. The van der Waals surface area contributed by atoms with Crippen LogP contribution in [-0.2, 0) is 0 Å². The number of nitrogens with zero attached hydrogens (tertiary/aromatic N) is 1. The van der Waals surface area contributed by atoms with E-state index in [4.69, 9.17) is 17.2 Å². The highest BCUT2D eigenvalue weighted by Crippen LogP contribution is 2.39. The molecule has 4 nitrogen and oxygen atoms in total. The highest BCUT2D eigenvalue weighted by atomic mass is 15.3. The highest BCUT2D eigenvalue weighted by Gasteiger charge is 2.46. The summed E-state index contributed by atoms with van der Waals surface area (Å²) in [6, 6.07) is 0.283. The van der Waals surface area contributed by atoms with Crippen LogP contribution in [0, 0.1) is 0 Å². The Morgan fingerprint density at radius 2 is 1.58 bits per heavy atom. The minimum absolute atomic E-state index is 0.0778. The minimum Gasteiger partial charge on any atom is -0.330 e. The fourth-order valence-corrected chi connectivity index (χ4v) is 4.07. The van der Waals surface area contributed by atoms with Crippen molar-refractivity contribution in [2.45, 2.75) is 89.5 Å². The molecule has 1 fully saturated rings. The van der Waals surface area contributed by atoms with Crippen molar-refractivity contribution in [1.29, 1.82) is 0 Å². The van der Waals surface area contributed by atoms with Gasteiger partial charge in [-0.3, -0.25) is 4.90 Å². The minimum atomic E-state index is 0.0778. The summed E-state index contributed by atoms with van der Waals surface area (Å²) < 4.78 is 0. The predicted octanol–water partition coefficient (Wildman–Crippen LogP) is 1.77. The summed E-state index contributed by atoms with van der Waals surface area (Å²) in [5.41, 5.74) is 18.4. The van der Waals surface area contributed by atoms with Crippen molar-refractivity contribution in [3.05, 3.63) is 0 Å². The zero-order valence-corrected chi connectivity index (χ0v) is 13.3. The monoisotopic (exact) mass is 270 g/mol. The molecule has 1 aliphatic rings. The summed E-state index contributed by atoms with van der Waals surface area (Å²) in [5, 5.41) is 0. The summed E-state index contributed by atoms with van der Waals surface area (Å²) in [4.78, 5) is 2.49. The smallest absolute Gasteiger partial charge is 0.0581 e. The number of hydrogen-bond donors (Lipinski definition) is 3. The van der Waals surface area contributed by atoms with Crippen LogP contribution in [0.2, 0.25) is 0 Å². The van der Waals surface area contributed by atoms with Gasteiger partial charge in [-0.25, -0.2) is 0 Å². The highest BCUT2D eigenvalue weighted by molar-refractivity contribution is 5.02. The molecule has 114 valence electrons. The van der Waals surface area contributed by atoms with Crippen molar-refractivity contribution in [1.82, 2.24) is 4.90 Å². The predicted molar refractivity (Wildman–Crippen MR) is 82.7 cm³/mol. The quantitative estimate of drug-likeness (QED) is 0.643. The van der Waals surface area contributed by atoms with Crippen molar-refractivity contribution in [2.75, 3.05) is 6.54 Å². The van der Waals surface area contributed by atoms with E-state index < -0.39 is 0 Å². The van der Waals surface area contributed by atoms with Crippen LogP contribution in [0.4, 0.5) is 0 Å². The van der Waals surface area contributed by atoms with E-state index in [0.29, 0.717) is 0 Å². The molecule has 0 aromatic carbocycles. The number of likely N-dealkylation sites (tertiary alicyclic amines) is 1. The van der Waals surface area contributed by atoms with Crippen LogP contribution in [-0.4, -0.2) is 34.7 Å². The van der Waals surface area contributed by atoms with Gasteiger partial charge in [0.25, 0.3) is 0 Å². The molecule has 1 heterocycles. The maximum absolute atomic E-state index is 6.48. The van der Waals surface area contributed by atoms with Crippen LogP contribution >= 0.6 is 0 Å². The molecular formula is C15H34N4. The van der Waals surface area contributed by atoms with Gasteiger partial charge in [0.15, 0.2) is 0 Å². The first-order valence-electron chi connectivity index (χ1n) is 7.71. The Morgan fingerprint density at radius 1 is 1.05 bits per heavy atom. The SMILES string of the molecule is CC1(C)CC(N)CC(C)(C)N1C(N)CCCCCN. The number of unbranched alkanes of at least 4 members (excludes halogenated alkanes) is 2. The molecule has 0 aromatic rings. The summed E-state index contributed by atoms with van der Waals surface area (Å²) in [6.07, 6.45) is 6.65. The lowest BCUT2D eigenvalue weighted by atomic mass is 9.76. The van der Waals surface area contributed by atoms with E-state index in [0.717, 1.165) is 38.6 Å². The molecule has 1 aliphatic heterocycles. The van der Waals surface area contributed by atoms with Gasteiger partial charge in [0.05, 0.1) is 6.17 Å². The van der Waals surface area contributed by atoms with Crippen molar-refractivity contribution in [3.8, 4) is 0 Å². The molecule has 0 aliphatic carbocycles. The van der Waals surface area contributed by atoms with Gasteiger partial charge in [-0.2, -0.15) is 0 Å². The van der Waals surface area contributed by atoms with E-state index in [9.17, 15) is 0 Å². The molecule has 19 heavy (non-hydrogen) atoms. The molecule has 1 saturated heterocycles. The van der Waals surface area contributed by atoms with Crippen molar-refractivity contribution < 1.29 is 0 Å². The van der Waals surface area contributed by atoms with Gasteiger partial charge in [-0.1, -0.05) is 12.8 Å². The number of piperidine rings is 1. The van der Waals surface area contributed by atoms with Gasteiger partial charge in [-0.05, 0) is 59.9 Å². The van der Waals surface area contributed by atoms with Crippen molar-refractivity contribution >= 4 is 0 Å². The van der Waals surface area contributed by atoms with Gasteiger partial charge in [0, 0.05) is 17.1 Å². The molecule has 1 atom stereocenters.